The van der Waals surface area contributed by atoms with Crippen LogP contribution in [0.1, 0.15) is 24.0 Å². The van der Waals surface area contributed by atoms with Gasteiger partial charge in [-0.3, -0.25) is 0 Å². The molecule has 0 bridgehead atoms. The number of aromatic nitrogens is 6. The van der Waals surface area contributed by atoms with E-state index in [1.165, 1.54) is 0 Å². The van der Waals surface area contributed by atoms with Gasteiger partial charge in [-0.2, -0.15) is 29.9 Å². The zero-order valence-electron chi connectivity index (χ0n) is 50.4. The van der Waals surface area contributed by atoms with Crippen molar-refractivity contribution in [2.45, 2.75) is 54.3 Å². The van der Waals surface area contributed by atoms with E-state index in [9.17, 15) is 117 Å². The number of nitrogens with zero attached hydrogens (tertiary/aromatic N) is 6. The molecule has 0 aliphatic heterocycles. The third-order valence-electron chi connectivity index (χ3n) is 10.2. The molecule has 2 atom stereocenters. The predicted molar refractivity (Wildman–Crippen MR) is 259 cm³/mol. The van der Waals surface area contributed by atoms with Gasteiger partial charge >= 0.3 is 296 Å². The summed E-state index contributed by atoms with van der Waals surface area (Å²) in [5, 5.41) is 59.0. The number of carbonyl (C=O) groups is 4. The van der Waals surface area contributed by atoms with Crippen molar-refractivity contribution in [1.82, 2.24) is 29.9 Å². The summed E-state index contributed by atoms with van der Waals surface area (Å²) in [6.45, 7) is 0. The van der Waals surface area contributed by atoms with Crippen LogP contribution in [0.3, 0.4) is 0 Å². The number of anilines is 10. The summed E-state index contributed by atoms with van der Waals surface area (Å²) < 4.78 is 219. The third-order valence-corrected chi connectivity index (χ3v) is 15.5. The molecule has 0 spiro atoms. The van der Waals surface area contributed by atoms with Crippen LogP contribution in [0, 0.1) is 0 Å². The monoisotopic (exact) mass is 1510 g/mol. The number of nitrogens with one attached hydrogen (secondary N) is 6. The predicted octanol–water partition coefficient (Wildman–Crippen LogP) is -36.0. The molecular weight excluding hydrogens is 1490 g/mol. The van der Waals surface area contributed by atoms with Crippen LogP contribution in [-0.2, 0) is 79.9 Å². The van der Waals surface area contributed by atoms with Crippen molar-refractivity contribution in [3.05, 3.63) is 83.9 Å². The molecule has 4 aromatic carbocycles. The van der Waals surface area contributed by atoms with Crippen LogP contribution in [0.4, 0.5) is 58.4 Å². The van der Waals surface area contributed by atoms with Crippen LogP contribution in [0.15, 0.2) is 102 Å². The van der Waals surface area contributed by atoms with E-state index in [0.29, 0.717) is 48.5 Å². The van der Waals surface area contributed by atoms with E-state index in [2.05, 4.69) is 51.2 Å². The van der Waals surface area contributed by atoms with Crippen molar-refractivity contribution in [1.29, 1.82) is 0 Å². The molecule has 2 unspecified atom stereocenters. The molecule has 0 saturated carbocycles. The molecule has 0 radical (unpaired) electrons. The van der Waals surface area contributed by atoms with Gasteiger partial charge in [-0.05, 0) is 71.8 Å². The van der Waals surface area contributed by atoms with Crippen molar-refractivity contribution in [3.63, 3.8) is 0 Å². The van der Waals surface area contributed by atoms with E-state index in [1.807, 2.05) is 10.6 Å². The van der Waals surface area contributed by atoms with Gasteiger partial charge in [-0.25, -0.2) is 50.5 Å². The van der Waals surface area contributed by atoms with Gasteiger partial charge in [-0.15, -0.1) is 0 Å². The number of carbonyl (C=O) groups excluding carboxylic acids is 4. The smallest absolute Gasteiger partial charge is 0.744 e. The maximum Gasteiger partial charge on any atom is 1.00 e. The molecule has 6 N–H and O–H groups in total. The van der Waals surface area contributed by atoms with Crippen molar-refractivity contribution < 1.29 is 413 Å². The molecule has 448 valence electrons. The Morgan fingerprint density at radius 3 is 0.862 bits per heavy atom. The average molecular weight is 1510 g/mol. The van der Waals surface area contributed by atoms with E-state index in [0.717, 1.165) is 36.4 Å². The van der Waals surface area contributed by atoms with Gasteiger partial charge in [0.25, 0.3) is 0 Å². The van der Waals surface area contributed by atoms with Crippen LogP contribution in [0.25, 0.3) is 12.2 Å². The number of hydrogen-bond donors (Lipinski definition) is 6. The fourth-order valence-electron chi connectivity index (χ4n) is 6.71. The summed E-state index contributed by atoms with van der Waals surface area (Å²) in [5.74, 6) is -13.5. The third kappa shape index (κ3) is 31.4. The molecule has 54 heteroatoms. The van der Waals surface area contributed by atoms with Gasteiger partial charge in [0.05, 0.1) is 64.8 Å². The van der Waals surface area contributed by atoms with Crippen molar-refractivity contribution in [3.8, 4) is 0 Å². The maximum absolute atomic E-state index is 12.7. The zero-order chi connectivity index (χ0) is 62.7. The minimum absolute atomic E-state index is 0. The van der Waals surface area contributed by atoms with E-state index in [4.69, 9.17) is 0 Å². The van der Waals surface area contributed by atoms with Crippen molar-refractivity contribution in [2.75, 3.05) is 31.9 Å². The number of carboxylic acids is 4. The van der Waals surface area contributed by atoms with E-state index >= 15 is 0 Å². The molecule has 94 heavy (non-hydrogen) atoms. The first-order valence-corrected chi connectivity index (χ1v) is 30.0. The van der Waals surface area contributed by atoms with Gasteiger partial charge in [0, 0.05) is 36.2 Å². The Bertz CT molecular complexity index is 4210. The summed E-state index contributed by atoms with van der Waals surface area (Å²) >= 11 is 0. The average Bonchev–Trinajstić information content (AvgIpc) is 0.815. The minimum Gasteiger partial charge on any atom is -0.744 e. The molecule has 6 aromatic rings. The molecular formula is C40H26N12Na10O26S6. The van der Waals surface area contributed by atoms with E-state index in [1.54, 1.807) is 0 Å². The number of hydrogen-bond acceptors (Lipinski definition) is 38. The van der Waals surface area contributed by atoms with Crippen molar-refractivity contribution in [2.24, 2.45) is 0 Å². The Kier molecular flexibility index (Phi) is 47.5. The Morgan fingerprint density at radius 1 is 0.351 bits per heavy atom. The quantitative estimate of drug-likeness (QED) is 0.0167. The molecule has 0 saturated heterocycles. The molecule has 38 nitrogen and oxygen atoms in total. The molecule has 2 aromatic heterocycles. The van der Waals surface area contributed by atoms with Crippen LogP contribution >= 0.6 is 0 Å². The number of aliphatic carboxylic acids is 4. The maximum atomic E-state index is 12.7. The van der Waals surface area contributed by atoms with Gasteiger partial charge in [0.15, 0.2) is 0 Å². The second-order valence-electron chi connectivity index (χ2n) is 16.2. The Balaban J connectivity index is -0.00000264. The molecule has 0 aliphatic carbocycles. The Hall–Kier alpha value is 0.780. The van der Waals surface area contributed by atoms with Gasteiger partial charge in [0.1, 0.15) is 60.7 Å². The van der Waals surface area contributed by atoms with E-state index in [-0.39, 0.29) is 296 Å². The fraction of sp³-hybridized carbons (Fsp3) is 0.100. The summed E-state index contributed by atoms with van der Waals surface area (Å²) in [5.41, 5.74) is -4.02. The fourth-order valence-corrected chi connectivity index (χ4v) is 10.3. The Labute approximate surface area is 754 Å². The van der Waals surface area contributed by atoms with Crippen LogP contribution < -0.4 is 348 Å². The minimum atomic E-state index is -5.61. The van der Waals surface area contributed by atoms with Crippen molar-refractivity contribution >= 4 is 155 Å². The number of rotatable bonds is 26. The topological polar surface area (TPSA) is 653 Å². The Morgan fingerprint density at radius 2 is 0.617 bits per heavy atom. The standard InChI is InChI=1S/C40H36N12O26S6.10Na/c53-31(54)15-25(33(57)58)45-39-49-35(47-37(51-39)43-23-13-21(79(61,62)63)7-9-27(23)81(67,68)69)41-19-5-3-17(29(11-19)83(73,74)75)1-2-18-4-6-20(12-30(18)84(76,77)78)42-36-48-38(52-40(50-36)46-26(34(59)60)16-32(55)56)44-24-14-22(80(64,65)66)8-10-28(24)82(70,71)72;;;;;;;;;;/h1-14,25-26H,15-16H2,(H,53,54)(H,55,56)(H,57,58)(H,59,60)(H,61,62,63)(H,64,65,66)(H,67,68,69)(H,70,71,72)(H,73,74,75)(H,76,77,78)(H3,41,43,45,47,49,51)(H3,42,44,46,48,50,52);;;;;;;;;;/q;10*+1/p-10/b2-1+;;;;;;;;;;. The number of carboxylic acid groups (broad SMARTS) is 4. The van der Waals surface area contributed by atoms with Gasteiger partial charge < -0.3 is 98.8 Å². The van der Waals surface area contributed by atoms with Crippen LogP contribution in [0.2, 0.25) is 0 Å². The van der Waals surface area contributed by atoms with Crippen LogP contribution in [0.5, 0.6) is 0 Å². The summed E-state index contributed by atoms with van der Waals surface area (Å²) in [6.07, 6.45) is -1.05. The SMILES string of the molecule is O=C([O-])CC(Nc1nc(Nc2ccc(/C=C/c3ccc(Nc4nc(Nc5cc(S(=O)(=O)[O-])ccc5S(=O)(=O)[O-])nc(NC(CC(=O)[O-])C(=O)[O-])n4)cc3S(=O)(=O)[O-])c(S(=O)(=O)[O-])c2)nc(Nc2cc(S(=O)(=O)[O-])ccc2S(=O)(=O)[O-])n1)C(=O)[O-].[Na+].[Na+].[Na+].[Na+].[Na+].[Na+].[Na+].[Na+].[Na+].[Na+]. The first kappa shape index (κ1) is 103. The summed E-state index contributed by atoms with van der Waals surface area (Å²) in [6, 6.07) is 2.89. The second kappa shape index (κ2) is 43.1. The van der Waals surface area contributed by atoms with Crippen LogP contribution in [-0.4, -0.2) is 144 Å². The largest absolute Gasteiger partial charge is 1.00 e. The summed E-state index contributed by atoms with van der Waals surface area (Å²) in [4.78, 5) is 61.8. The molecule has 0 fully saturated rings. The normalized spacial score (nSPS) is 11.7. The summed E-state index contributed by atoms with van der Waals surface area (Å²) in [7, 11) is -33.0. The first-order chi connectivity index (χ1) is 38.6. The zero-order valence-corrected chi connectivity index (χ0v) is 75.3. The molecule has 0 aliphatic rings. The first-order valence-electron chi connectivity index (χ1n) is 21.6. The molecule has 2 heterocycles. The molecule has 0 amide bonds. The van der Waals surface area contributed by atoms with Gasteiger partial charge in [0.2, 0.25) is 35.7 Å². The van der Waals surface area contributed by atoms with E-state index < -0.39 is 208 Å². The molecule has 6 rings (SSSR count). The van der Waals surface area contributed by atoms with Gasteiger partial charge in [-0.1, -0.05) is 24.3 Å². The second-order valence-corrected chi connectivity index (χ2v) is 24.3. The number of benzene rings is 4.